The van der Waals surface area contributed by atoms with Crippen LogP contribution in [0, 0.1) is 0 Å². The first-order valence-electron chi connectivity index (χ1n) is 5.58. The van der Waals surface area contributed by atoms with E-state index < -0.39 is 0 Å². The van der Waals surface area contributed by atoms with Crippen molar-refractivity contribution in [3.05, 3.63) is 11.1 Å². The standard InChI is InChI=1S/C11H16N2O/c14-11-10-5-9(13-8-3-4-8)2-1-7(10)6-12-11/h8-9,13H,1-6H2,(H,12,14). The molecule has 0 radical (unpaired) electrons. The number of hydrogen-bond acceptors (Lipinski definition) is 2. The minimum absolute atomic E-state index is 0.183. The molecular formula is C11H16N2O. The highest BCUT2D eigenvalue weighted by Gasteiger charge is 2.32. The Balaban J connectivity index is 1.68. The van der Waals surface area contributed by atoms with Gasteiger partial charge in [-0.05, 0) is 37.7 Å². The summed E-state index contributed by atoms with van der Waals surface area (Å²) in [6, 6.07) is 1.32. The van der Waals surface area contributed by atoms with Gasteiger partial charge in [-0.15, -0.1) is 0 Å². The van der Waals surface area contributed by atoms with Gasteiger partial charge in [-0.3, -0.25) is 4.79 Å². The zero-order valence-electron chi connectivity index (χ0n) is 8.31. The van der Waals surface area contributed by atoms with Crippen LogP contribution in [0.2, 0.25) is 0 Å². The summed E-state index contributed by atoms with van der Waals surface area (Å²) in [6.07, 6.45) is 5.93. The molecule has 0 saturated heterocycles. The first kappa shape index (κ1) is 8.48. The van der Waals surface area contributed by atoms with Crippen molar-refractivity contribution in [1.29, 1.82) is 0 Å². The summed E-state index contributed by atoms with van der Waals surface area (Å²) in [5.74, 6) is 0.183. The summed E-state index contributed by atoms with van der Waals surface area (Å²) >= 11 is 0. The van der Waals surface area contributed by atoms with E-state index in [2.05, 4.69) is 10.6 Å². The van der Waals surface area contributed by atoms with Gasteiger partial charge in [-0.2, -0.15) is 0 Å². The molecule has 0 aromatic carbocycles. The summed E-state index contributed by atoms with van der Waals surface area (Å²) in [4.78, 5) is 11.5. The highest BCUT2D eigenvalue weighted by atomic mass is 16.1. The van der Waals surface area contributed by atoms with Crippen LogP contribution in [0.1, 0.15) is 32.1 Å². The smallest absolute Gasteiger partial charge is 0.247 e. The molecule has 3 nitrogen and oxygen atoms in total. The monoisotopic (exact) mass is 192 g/mol. The number of carbonyl (C=O) groups is 1. The molecule has 0 spiro atoms. The molecule has 76 valence electrons. The van der Waals surface area contributed by atoms with E-state index in [9.17, 15) is 4.79 Å². The number of hydrogen-bond donors (Lipinski definition) is 2. The minimum atomic E-state index is 0.183. The molecule has 14 heavy (non-hydrogen) atoms. The van der Waals surface area contributed by atoms with Gasteiger partial charge in [0.05, 0.1) is 0 Å². The van der Waals surface area contributed by atoms with Gasteiger partial charge >= 0.3 is 0 Å². The largest absolute Gasteiger partial charge is 0.349 e. The Bertz CT molecular complexity index is 304. The molecule has 0 bridgehead atoms. The number of rotatable bonds is 2. The zero-order chi connectivity index (χ0) is 9.54. The highest BCUT2D eigenvalue weighted by molar-refractivity contribution is 5.97. The minimum Gasteiger partial charge on any atom is -0.349 e. The Morgan fingerprint density at radius 3 is 2.86 bits per heavy atom. The van der Waals surface area contributed by atoms with Crippen LogP contribution in [0.25, 0.3) is 0 Å². The molecule has 3 aliphatic rings. The van der Waals surface area contributed by atoms with Gasteiger partial charge in [-0.1, -0.05) is 0 Å². The Morgan fingerprint density at radius 2 is 2.07 bits per heavy atom. The van der Waals surface area contributed by atoms with Gasteiger partial charge in [0.2, 0.25) is 5.91 Å². The van der Waals surface area contributed by atoms with Crippen LogP contribution in [0.4, 0.5) is 0 Å². The molecule has 1 saturated carbocycles. The van der Waals surface area contributed by atoms with Crippen molar-refractivity contribution >= 4 is 5.91 Å². The van der Waals surface area contributed by atoms with Gasteiger partial charge < -0.3 is 10.6 Å². The lowest BCUT2D eigenvalue weighted by Crippen LogP contribution is -2.34. The summed E-state index contributed by atoms with van der Waals surface area (Å²) in [7, 11) is 0. The van der Waals surface area contributed by atoms with Crippen molar-refractivity contribution < 1.29 is 4.79 Å². The van der Waals surface area contributed by atoms with Gasteiger partial charge in [0.25, 0.3) is 0 Å². The first-order chi connectivity index (χ1) is 6.83. The number of nitrogens with one attached hydrogen (secondary N) is 2. The first-order valence-corrected chi connectivity index (χ1v) is 5.58. The fraction of sp³-hybridized carbons (Fsp3) is 0.727. The molecule has 1 unspecified atom stereocenters. The Labute approximate surface area is 83.9 Å². The van der Waals surface area contributed by atoms with E-state index in [-0.39, 0.29) is 5.91 Å². The molecule has 0 aromatic heterocycles. The number of amides is 1. The van der Waals surface area contributed by atoms with Crippen LogP contribution < -0.4 is 10.6 Å². The summed E-state index contributed by atoms with van der Waals surface area (Å²) in [5.41, 5.74) is 2.44. The SMILES string of the molecule is O=C1NCC2=C1CC(NC1CC1)CC2. The molecule has 1 aliphatic heterocycles. The number of carbonyl (C=O) groups excluding carboxylic acids is 1. The van der Waals surface area contributed by atoms with E-state index in [0.29, 0.717) is 6.04 Å². The second-order valence-electron chi connectivity index (χ2n) is 4.65. The lowest BCUT2D eigenvalue weighted by molar-refractivity contribution is -0.116. The third-order valence-electron chi connectivity index (χ3n) is 3.46. The van der Waals surface area contributed by atoms with Crippen molar-refractivity contribution in [2.45, 2.75) is 44.2 Å². The Hall–Kier alpha value is -0.830. The maximum Gasteiger partial charge on any atom is 0.247 e. The van der Waals surface area contributed by atoms with Crippen LogP contribution in [0.3, 0.4) is 0 Å². The third-order valence-corrected chi connectivity index (χ3v) is 3.46. The topological polar surface area (TPSA) is 41.1 Å². The lowest BCUT2D eigenvalue weighted by Gasteiger charge is -2.23. The van der Waals surface area contributed by atoms with Crippen LogP contribution in [-0.4, -0.2) is 24.5 Å². The van der Waals surface area contributed by atoms with Crippen molar-refractivity contribution in [2.75, 3.05) is 6.54 Å². The molecule has 0 aromatic rings. The summed E-state index contributed by atoms with van der Waals surface area (Å²) < 4.78 is 0. The fourth-order valence-electron chi connectivity index (χ4n) is 2.46. The molecule has 3 heteroatoms. The van der Waals surface area contributed by atoms with Crippen molar-refractivity contribution in [3.63, 3.8) is 0 Å². The molecule has 1 amide bonds. The van der Waals surface area contributed by atoms with Crippen LogP contribution in [-0.2, 0) is 4.79 Å². The van der Waals surface area contributed by atoms with Crippen LogP contribution >= 0.6 is 0 Å². The maximum atomic E-state index is 11.5. The maximum absolute atomic E-state index is 11.5. The molecule has 1 fully saturated rings. The molecule has 2 N–H and O–H groups in total. The summed E-state index contributed by atoms with van der Waals surface area (Å²) in [6.45, 7) is 0.810. The van der Waals surface area contributed by atoms with Gasteiger partial charge in [0.15, 0.2) is 0 Å². The summed E-state index contributed by atoms with van der Waals surface area (Å²) in [5, 5.41) is 6.52. The van der Waals surface area contributed by atoms with E-state index in [1.165, 1.54) is 24.8 Å². The third kappa shape index (κ3) is 1.46. The van der Waals surface area contributed by atoms with E-state index in [0.717, 1.165) is 31.0 Å². The molecule has 1 heterocycles. The average Bonchev–Trinajstić information content (AvgIpc) is 2.92. The van der Waals surface area contributed by atoms with E-state index in [1.807, 2.05) is 0 Å². The molecule has 2 aliphatic carbocycles. The van der Waals surface area contributed by atoms with Crippen molar-refractivity contribution in [2.24, 2.45) is 0 Å². The molecular weight excluding hydrogens is 176 g/mol. The quantitative estimate of drug-likeness (QED) is 0.677. The van der Waals surface area contributed by atoms with E-state index in [1.54, 1.807) is 0 Å². The predicted octanol–water partition coefficient (Wildman–Crippen LogP) is 0.717. The van der Waals surface area contributed by atoms with Crippen LogP contribution in [0.15, 0.2) is 11.1 Å². The average molecular weight is 192 g/mol. The molecule has 1 atom stereocenters. The van der Waals surface area contributed by atoms with E-state index >= 15 is 0 Å². The van der Waals surface area contributed by atoms with Crippen molar-refractivity contribution in [1.82, 2.24) is 10.6 Å². The highest BCUT2D eigenvalue weighted by Crippen LogP contribution is 2.30. The Kier molecular flexibility index (Phi) is 1.87. The predicted molar refractivity (Wildman–Crippen MR) is 53.8 cm³/mol. The van der Waals surface area contributed by atoms with Crippen LogP contribution in [0.5, 0.6) is 0 Å². The normalized spacial score (nSPS) is 31.7. The van der Waals surface area contributed by atoms with Crippen molar-refractivity contribution in [3.8, 4) is 0 Å². The molecule has 3 rings (SSSR count). The second-order valence-corrected chi connectivity index (χ2v) is 4.65. The zero-order valence-corrected chi connectivity index (χ0v) is 8.31. The van der Waals surface area contributed by atoms with Gasteiger partial charge in [0, 0.05) is 24.2 Å². The lowest BCUT2D eigenvalue weighted by atomic mass is 9.90. The Morgan fingerprint density at radius 1 is 1.21 bits per heavy atom. The van der Waals surface area contributed by atoms with Gasteiger partial charge in [-0.25, -0.2) is 0 Å². The van der Waals surface area contributed by atoms with E-state index in [4.69, 9.17) is 0 Å². The second kappa shape index (κ2) is 3.09. The van der Waals surface area contributed by atoms with Gasteiger partial charge in [0.1, 0.15) is 0 Å². The fourth-order valence-corrected chi connectivity index (χ4v) is 2.46.